The van der Waals surface area contributed by atoms with Gasteiger partial charge in [-0.05, 0) is 25.8 Å². The largest absolute Gasteiger partial charge is 0.370 e. The van der Waals surface area contributed by atoms with Crippen LogP contribution in [0.2, 0.25) is 0 Å². The van der Waals surface area contributed by atoms with E-state index in [1.54, 1.807) is 0 Å². The number of nitrogens with two attached hydrogens (primary N) is 1. The summed E-state index contributed by atoms with van der Waals surface area (Å²) in [6.07, 6.45) is 2.87. The van der Waals surface area contributed by atoms with E-state index in [0.717, 1.165) is 25.8 Å². The van der Waals surface area contributed by atoms with Crippen LogP contribution in [0.25, 0.3) is 0 Å². The number of hydrogen-bond acceptors (Lipinski definition) is 3. The van der Waals surface area contributed by atoms with E-state index in [1.807, 2.05) is 6.92 Å². The maximum atomic E-state index is 11.9. The van der Waals surface area contributed by atoms with E-state index < -0.39 is 5.54 Å². The number of hydrogen-bond donors (Lipinski definition) is 3. The molecule has 15 heavy (non-hydrogen) atoms. The molecule has 2 amide bonds. The fraction of sp³-hybridized carbons (Fsp3) is 0.800. The molecule has 0 saturated carbocycles. The minimum Gasteiger partial charge on any atom is -0.370 e. The van der Waals surface area contributed by atoms with Crippen molar-refractivity contribution in [1.82, 2.24) is 10.6 Å². The van der Waals surface area contributed by atoms with Crippen molar-refractivity contribution in [1.29, 1.82) is 0 Å². The van der Waals surface area contributed by atoms with E-state index >= 15 is 0 Å². The van der Waals surface area contributed by atoms with E-state index in [4.69, 9.17) is 5.73 Å². The lowest BCUT2D eigenvalue weighted by atomic mass is 9.93. The Hall–Kier alpha value is -1.10. The van der Waals surface area contributed by atoms with E-state index in [2.05, 4.69) is 10.6 Å². The monoisotopic (exact) mass is 213 g/mol. The number of carbonyl (C=O) groups excluding carboxylic acids is 2. The first-order valence-corrected chi connectivity index (χ1v) is 5.42. The van der Waals surface area contributed by atoms with Crippen molar-refractivity contribution in [2.24, 2.45) is 5.73 Å². The second-order valence-corrected chi connectivity index (χ2v) is 3.94. The normalized spacial score (nSPS) is 25.1. The molecule has 0 aliphatic carbocycles. The molecule has 5 nitrogen and oxygen atoms in total. The van der Waals surface area contributed by atoms with Crippen LogP contribution in [-0.2, 0) is 9.59 Å². The van der Waals surface area contributed by atoms with Crippen LogP contribution in [0.5, 0.6) is 0 Å². The van der Waals surface area contributed by atoms with Crippen LogP contribution in [0.15, 0.2) is 0 Å². The van der Waals surface area contributed by atoms with Gasteiger partial charge in [-0.25, -0.2) is 0 Å². The van der Waals surface area contributed by atoms with Crippen LogP contribution in [-0.4, -0.2) is 30.4 Å². The van der Waals surface area contributed by atoms with E-state index in [9.17, 15) is 9.59 Å². The standard InChI is InChI=1S/C10H19N3O2/c1-2-10(5-3-6-13-10)9(15)12-7-4-8(11)14/h13H,2-7H2,1H3,(H2,11,14)(H,12,15). The lowest BCUT2D eigenvalue weighted by molar-refractivity contribution is -0.127. The SMILES string of the molecule is CCC1(C(=O)NCCC(N)=O)CCCN1. The van der Waals surface area contributed by atoms with Crippen molar-refractivity contribution in [3.05, 3.63) is 0 Å². The zero-order valence-corrected chi connectivity index (χ0v) is 9.14. The molecule has 4 N–H and O–H groups in total. The highest BCUT2D eigenvalue weighted by Crippen LogP contribution is 2.22. The summed E-state index contributed by atoms with van der Waals surface area (Å²) in [7, 11) is 0. The predicted molar refractivity (Wildman–Crippen MR) is 57.1 cm³/mol. The van der Waals surface area contributed by atoms with Crippen LogP contribution in [0.1, 0.15) is 32.6 Å². The third-order valence-corrected chi connectivity index (χ3v) is 2.94. The third kappa shape index (κ3) is 2.92. The molecule has 1 rings (SSSR count). The minimum atomic E-state index is -0.419. The second kappa shape index (κ2) is 5.11. The molecular formula is C10H19N3O2. The number of rotatable bonds is 5. The Morgan fingerprint density at radius 2 is 2.27 bits per heavy atom. The zero-order valence-electron chi connectivity index (χ0n) is 9.14. The molecule has 1 aliphatic rings. The smallest absolute Gasteiger partial charge is 0.240 e. The van der Waals surface area contributed by atoms with Gasteiger partial charge in [0.25, 0.3) is 0 Å². The topological polar surface area (TPSA) is 84.2 Å². The van der Waals surface area contributed by atoms with Crippen molar-refractivity contribution in [3.63, 3.8) is 0 Å². The second-order valence-electron chi connectivity index (χ2n) is 3.94. The summed E-state index contributed by atoms with van der Waals surface area (Å²) in [6, 6.07) is 0. The zero-order chi connectivity index (χ0) is 11.3. The lowest BCUT2D eigenvalue weighted by Crippen LogP contribution is -2.53. The molecule has 0 aromatic rings. The average Bonchev–Trinajstić information content (AvgIpc) is 2.66. The quantitative estimate of drug-likeness (QED) is 0.576. The van der Waals surface area contributed by atoms with Crippen LogP contribution < -0.4 is 16.4 Å². The number of carbonyl (C=O) groups is 2. The Morgan fingerprint density at radius 3 is 2.73 bits per heavy atom. The summed E-state index contributed by atoms with van der Waals surface area (Å²) in [6.45, 7) is 3.21. The summed E-state index contributed by atoms with van der Waals surface area (Å²) in [4.78, 5) is 22.4. The Balaban J connectivity index is 2.40. The molecule has 1 aliphatic heterocycles. The molecule has 0 radical (unpaired) electrons. The molecule has 86 valence electrons. The highest BCUT2D eigenvalue weighted by atomic mass is 16.2. The molecule has 1 atom stereocenters. The maximum absolute atomic E-state index is 11.9. The molecule has 0 aromatic heterocycles. The molecule has 0 spiro atoms. The van der Waals surface area contributed by atoms with Gasteiger partial charge in [0.05, 0.1) is 5.54 Å². The Bertz CT molecular complexity index is 247. The number of primary amides is 1. The molecule has 1 saturated heterocycles. The van der Waals surface area contributed by atoms with Crippen LogP contribution in [0.3, 0.4) is 0 Å². The maximum Gasteiger partial charge on any atom is 0.240 e. The molecule has 1 heterocycles. The van der Waals surface area contributed by atoms with Gasteiger partial charge in [-0.2, -0.15) is 0 Å². The molecule has 5 heteroatoms. The molecule has 1 unspecified atom stereocenters. The summed E-state index contributed by atoms with van der Waals surface area (Å²) in [5, 5.41) is 5.97. The third-order valence-electron chi connectivity index (χ3n) is 2.94. The van der Waals surface area contributed by atoms with Crippen molar-refractivity contribution in [3.8, 4) is 0 Å². The molecule has 0 bridgehead atoms. The van der Waals surface area contributed by atoms with Gasteiger partial charge in [-0.3, -0.25) is 9.59 Å². The van der Waals surface area contributed by atoms with Gasteiger partial charge in [-0.15, -0.1) is 0 Å². The minimum absolute atomic E-state index is 0.0104. The average molecular weight is 213 g/mol. The summed E-state index contributed by atoms with van der Waals surface area (Å²) in [5.74, 6) is -0.399. The van der Waals surface area contributed by atoms with Gasteiger partial charge in [-0.1, -0.05) is 6.92 Å². The summed E-state index contributed by atoms with van der Waals surface area (Å²) < 4.78 is 0. The Morgan fingerprint density at radius 1 is 1.53 bits per heavy atom. The van der Waals surface area contributed by atoms with Gasteiger partial charge >= 0.3 is 0 Å². The number of nitrogens with one attached hydrogen (secondary N) is 2. The van der Waals surface area contributed by atoms with Gasteiger partial charge in [0, 0.05) is 13.0 Å². The molecular weight excluding hydrogens is 194 g/mol. The van der Waals surface area contributed by atoms with Crippen molar-refractivity contribution in [2.45, 2.75) is 38.1 Å². The highest BCUT2D eigenvalue weighted by molar-refractivity contribution is 5.87. The first-order valence-electron chi connectivity index (χ1n) is 5.42. The fourth-order valence-corrected chi connectivity index (χ4v) is 1.93. The van der Waals surface area contributed by atoms with Gasteiger partial charge in [0.15, 0.2) is 0 Å². The van der Waals surface area contributed by atoms with Crippen molar-refractivity contribution < 1.29 is 9.59 Å². The predicted octanol–water partition coefficient (Wildman–Crippen LogP) is -0.490. The Labute approximate surface area is 89.8 Å². The number of amides is 2. The molecule has 0 aromatic carbocycles. The van der Waals surface area contributed by atoms with Gasteiger partial charge < -0.3 is 16.4 Å². The van der Waals surface area contributed by atoms with Gasteiger partial charge in [0.2, 0.25) is 11.8 Å². The lowest BCUT2D eigenvalue weighted by Gasteiger charge is -2.26. The van der Waals surface area contributed by atoms with Crippen molar-refractivity contribution >= 4 is 11.8 Å². The molecule has 1 fully saturated rings. The fourth-order valence-electron chi connectivity index (χ4n) is 1.93. The highest BCUT2D eigenvalue weighted by Gasteiger charge is 2.38. The Kier molecular flexibility index (Phi) is 4.08. The van der Waals surface area contributed by atoms with E-state index in [0.29, 0.717) is 6.54 Å². The first kappa shape index (κ1) is 12.0. The van der Waals surface area contributed by atoms with Gasteiger partial charge in [0.1, 0.15) is 0 Å². The van der Waals surface area contributed by atoms with E-state index in [1.165, 1.54) is 0 Å². The first-order chi connectivity index (χ1) is 7.10. The van der Waals surface area contributed by atoms with Crippen molar-refractivity contribution in [2.75, 3.05) is 13.1 Å². The van der Waals surface area contributed by atoms with Crippen LogP contribution in [0, 0.1) is 0 Å². The van der Waals surface area contributed by atoms with E-state index in [-0.39, 0.29) is 18.2 Å². The van der Waals surface area contributed by atoms with Crippen LogP contribution >= 0.6 is 0 Å². The van der Waals surface area contributed by atoms with Crippen LogP contribution in [0.4, 0.5) is 0 Å². The summed E-state index contributed by atoms with van der Waals surface area (Å²) >= 11 is 0. The summed E-state index contributed by atoms with van der Waals surface area (Å²) in [5.41, 5.74) is 4.57.